The highest BCUT2D eigenvalue weighted by Crippen LogP contribution is 2.29. The van der Waals surface area contributed by atoms with Gasteiger partial charge < -0.3 is 25.6 Å². The van der Waals surface area contributed by atoms with Crippen LogP contribution in [0.3, 0.4) is 0 Å². The fourth-order valence-corrected chi connectivity index (χ4v) is 2.83. The van der Waals surface area contributed by atoms with Crippen molar-refractivity contribution in [2.45, 2.75) is 13.8 Å². The third-order valence-electron chi connectivity index (χ3n) is 4.28. The van der Waals surface area contributed by atoms with E-state index in [1.165, 1.54) is 11.9 Å². The molecule has 0 radical (unpaired) electrons. The lowest BCUT2D eigenvalue weighted by Crippen LogP contribution is -2.49. The van der Waals surface area contributed by atoms with E-state index >= 15 is 0 Å². The predicted octanol–water partition coefficient (Wildman–Crippen LogP) is 2.39. The molecule has 1 amide bonds. The molecule has 0 spiro atoms. The topological polar surface area (TPSA) is 96.6 Å². The Labute approximate surface area is 153 Å². The Bertz CT molecular complexity index is 757. The largest absolute Gasteiger partial charge is 0.450 e. The van der Waals surface area contributed by atoms with Gasteiger partial charge in [-0.1, -0.05) is 17.7 Å². The van der Waals surface area contributed by atoms with Crippen LogP contribution in [0.15, 0.2) is 30.6 Å². The SMILES string of the molecule is CCOC(=O)N1CCN(c2ncnc(Nc3ccc(C)cc3)c2N)CC1. The van der Waals surface area contributed by atoms with Crippen LogP contribution in [-0.4, -0.2) is 53.7 Å². The number of nitrogens with zero attached hydrogens (tertiary/aromatic N) is 4. The number of ether oxygens (including phenoxy) is 1. The van der Waals surface area contributed by atoms with Crippen LogP contribution in [0.2, 0.25) is 0 Å². The van der Waals surface area contributed by atoms with Crippen molar-refractivity contribution in [3.8, 4) is 0 Å². The van der Waals surface area contributed by atoms with E-state index in [2.05, 4.69) is 20.2 Å². The molecule has 26 heavy (non-hydrogen) atoms. The summed E-state index contributed by atoms with van der Waals surface area (Å²) in [5.74, 6) is 1.25. The minimum atomic E-state index is -0.274. The molecule has 8 nitrogen and oxygen atoms in total. The standard InChI is InChI=1S/C18H24N6O2/c1-3-26-18(25)24-10-8-23(9-11-24)17-15(19)16(20-12-21-17)22-14-6-4-13(2)5-7-14/h4-7,12H,3,8-11,19H2,1-2H3,(H,20,21,22). The van der Waals surface area contributed by atoms with Crippen LogP contribution in [0, 0.1) is 6.92 Å². The average molecular weight is 356 g/mol. The molecular weight excluding hydrogens is 332 g/mol. The molecule has 138 valence electrons. The van der Waals surface area contributed by atoms with Gasteiger partial charge in [0.25, 0.3) is 0 Å². The minimum Gasteiger partial charge on any atom is -0.450 e. The first kappa shape index (κ1) is 17.8. The van der Waals surface area contributed by atoms with Crippen LogP contribution in [0.25, 0.3) is 0 Å². The van der Waals surface area contributed by atoms with E-state index in [9.17, 15) is 4.79 Å². The molecule has 1 saturated heterocycles. The highest BCUT2D eigenvalue weighted by molar-refractivity contribution is 5.78. The van der Waals surface area contributed by atoms with Gasteiger partial charge in [0.05, 0.1) is 6.61 Å². The fourth-order valence-electron chi connectivity index (χ4n) is 2.83. The Kier molecular flexibility index (Phi) is 5.40. The number of amides is 1. The van der Waals surface area contributed by atoms with Gasteiger partial charge in [0.15, 0.2) is 11.6 Å². The zero-order valence-corrected chi connectivity index (χ0v) is 15.1. The molecule has 0 unspecified atom stereocenters. The number of nitrogens with two attached hydrogens (primary N) is 1. The summed E-state index contributed by atoms with van der Waals surface area (Å²) in [5.41, 5.74) is 8.90. The number of anilines is 4. The van der Waals surface area contributed by atoms with Gasteiger partial charge in [-0.2, -0.15) is 0 Å². The molecule has 3 N–H and O–H groups in total. The Morgan fingerprint density at radius 3 is 2.54 bits per heavy atom. The van der Waals surface area contributed by atoms with Crippen LogP contribution < -0.4 is 16.0 Å². The van der Waals surface area contributed by atoms with E-state index in [0.717, 1.165) is 5.69 Å². The highest BCUT2D eigenvalue weighted by atomic mass is 16.6. The zero-order chi connectivity index (χ0) is 18.5. The molecule has 1 aromatic heterocycles. The molecule has 1 aromatic carbocycles. The summed E-state index contributed by atoms with van der Waals surface area (Å²) in [6, 6.07) is 8.01. The van der Waals surface area contributed by atoms with Gasteiger partial charge in [-0.3, -0.25) is 0 Å². The van der Waals surface area contributed by atoms with Crippen LogP contribution in [-0.2, 0) is 4.74 Å². The smallest absolute Gasteiger partial charge is 0.409 e. The van der Waals surface area contributed by atoms with E-state index in [0.29, 0.717) is 50.1 Å². The van der Waals surface area contributed by atoms with Crippen LogP contribution in [0.4, 0.5) is 27.8 Å². The monoisotopic (exact) mass is 356 g/mol. The van der Waals surface area contributed by atoms with Crippen molar-refractivity contribution < 1.29 is 9.53 Å². The number of carbonyl (C=O) groups is 1. The normalized spacial score (nSPS) is 14.2. The minimum absolute atomic E-state index is 0.274. The summed E-state index contributed by atoms with van der Waals surface area (Å²) in [4.78, 5) is 24.2. The average Bonchev–Trinajstić information content (AvgIpc) is 2.66. The maximum Gasteiger partial charge on any atom is 0.409 e. The number of benzene rings is 1. The fraction of sp³-hybridized carbons (Fsp3) is 0.389. The van der Waals surface area contributed by atoms with Gasteiger partial charge in [0.1, 0.15) is 12.0 Å². The van der Waals surface area contributed by atoms with Gasteiger partial charge in [-0.05, 0) is 26.0 Å². The van der Waals surface area contributed by atoms with Gasteiger partial charge in [-0.15, -0.1) is 0 Å². The molecule has 0 bridgehead atoms. The van der Waals surface area contributed by atoms with Crippen LogP contribution in [0.5, 0.6) is 0 Å². The second-order valence-electron chi connectivity index (χ2n) is 6.12. The summed E-state index contributed by atoms with van der Waals surface area (Å²) >= 11 is 0. The molecule has 1 aliphatic heterocycles. The Balaban J connectivity index is 1.70. The van der Waals surface area contributed by atoms with Gasteiger partial charge in [0, 0.05) is 31.9 Å². The van der Waals surface area contributed by atoms with E-state index in [-0.39, 0.29) is 6.09 Å². The second kappa shape index (κ2) is 7.90. The lowest BCUT2D eigenvalue weighted by atomic mass is 10.2. The number of nitrogens with one attached hydrogen (secondary N) is 1. The Hall–Kier alpha value is -3.03. The van der Waals surface area contributed by atoms with Crippen molar-refractivity contribution in [2.24, 2.45) is 0 Å². The first-order chi connectivity index (χ1) is 12.6. The Morgan fingerprint density at radius 1 is 1.19 bits per heavy atom. The van der Waals surface area contributed by atoms with Crippen LogP contribution >= 0.6 is 0 Å². The zero-order valence-electron chi connectivity index (χ0n) is 15.1. The van der Waals surface area contributed by atoms with E-state index in [1.54, 1.807) is 11.8 Å². The molecule has 1 fully saturated rings. The molecule has 3 rings (SSSR count). The van der Waals surface area contributed by atoms with E-state index in [4.69, 9.17) is 10.5 Å². The quantitative estimate of drug-likeness (QED) is 0.868. The van der Waals surface area contributed by atoms with Crippen molar-refractivity contribution >= 4 is 29.1 Å². The Morgan fingerprint density at radius 2 is 1.88 bits per heavy atom. The van der Waals surface area contributed by atoms with Gasteiger partial charge in [0.2, 0.25) is 0 Å². The maximum absolute atomic E-state index is 11.8. The van der Waals surface area contributed by atoms with Crippen molar-refractivity contribution in [1.82, 2.24) is 14.9 Å². The molecule has 0 aliphatic carbocycles. The summed E-state index contributed by atoms with van der Waals surface area (Å²) in [5, 5.41) is 3.24. The number of hydrogen-bond donors (Lipinski definition) is 2. The van der Waals surface area contributed by atoms with E-state index < -0.39 is 0 Å². The summed E-state index contributed by atoms with van der Waals surface area (Å²) < 4.78 is 5.05. The highest BCUT2D eigenvalue weighted by Gasteiger charge is 2.24. The maximum atomic E-state index is 11.8. The lowest BCUT2D eigenvalue weighted by molar-refractivity contribution is 0.105. The molecule has 0 atom stereocenters. The summed E-state index contributed by atoms with van der Waals surface area (Å²) in [7, 11) is 0. The molecule has 2 heterocycles. The molecular formula is C18H24N6O2. The number of rotatable bonds is 4. The first-order valence-corrected chi connectivity index (χ1v) is 8.69. The third-order valence-corrected chi connectivity index (χ3v) is 4.28. The molecule has 0 saturated carbocycles. The number of nitrogen functional groups attached to an aromatic ring is 1. The lowest BCUT2D eigenvalue weighted by Gasteiger charge is -2.35. The third kappa shape index (κ3) is 3.96. The number of piperazine rings is 1. The number of aryl methyl sites for hydroxylation is 1. The first-order valence-electron chi connectivity index (χ1n) is 8.69. The summed E-state index contributed by atoms with van der Waals surface area (Å²) in [6.07, 6.45) is 1.23. The van der Waals surface area contributed by atoms with Gasteiger partial charge in [-0.25, -0.2) is 14.8 Å². The second-order valence-corrected chi connectivity index (χ2v) is 6.12. The van der Waals surface area contributed by atoms with Crippen molar-refractivity contribution in [3.05, 3.63) is 36.2 Å². The van der Waals surface area contributed by atoms with Crippen molar-refractivity contribution in [2.75, 3.05) is 48.7 Å². The molecule has 1 aliphatic rings. The van der Waals surface area contributed by atoms with Crippen LogP contribution in [0.1, 0.15) is 12.5 Å². The van der Waals surface area contributed by atoms with Gasteiger partial charge >= 0.3 is 6.09 Å². The number of aromatic nitrogens is 2. The van der Waals surface area contributed by atoms with Crippen molar-refractivity contribution in [1.29, 1.82) is 0 Å². The van der Waals surface area contributed by atoms with Crippen molar-refractivity contribution in [3.63, 3.8) is 0 Å². The number of carbonyl (C=O) groups excluding carboxylic acids is 1. The molecule has 2 aromatic rings. The predicted molar refractivity (Wildman–Crippen MR) is 102 cm³/mol. The number of hydrogen-bond acceptors (Lipinski definition) is 7. The van der Waals surface area contributed by atoms with E-state index in [1.807, 2.05) is 31.2 Å². The summed E-state index contributed by atoms with van der Waals surface area (Å²) in [6.45, 7) is 6.65. The molecule has 8 heteroatoms.